The van der Waals surface area contributed by atoms with Crippen molar-refractivity contribution in [3.8, 4) is 16.8 Å². The van der Waals surface area contributed by atoms with Crippen molar-refractivity contribution in [1.29, 1.82) is 0 Å². The quantitative estimate of drug-likeness (QED) is 0.234. The molecule has 0 unspecified atom stereocenters. The fraction of sp³-hybridized carbons (Fsp3) is 0.172. The van der Waals surface area contributed by atoms with Gasteiger partial charge in [0.2, 0.25) is 0 Å². The molecule has 1 heterocycles. The SMILES string of the molecule is Cc1ccc2c(c1)c1cc(C)ccc1n2-c1ccc2c(c1)C(C)(C)c1cc(Br)ccc1-2. The Bertz CT molecular complexity index is 1480. The molecule has 1 aromatic heterocycles. The predicted octanol–water partition coefficient (Wildman–Crippen LogP) is 8.47. The standard InChI is InChI=1S/C29H24BrN/c1-17-5-11-27-23(13-17)24-14-18(2)6-12-28(24)31(27)20-8-10-22-21-9-7-19(30)15-25(21)29(3,4)26(22)16-20/h5-16H,1-4H3. The van der Waals surface area contributed by atoms with Gasteiger partial charge < -0.3 is 4.57 Å². The van der Waals surface area contributed by atoms with Crippen molar-refractivity contribution in [2.24, 2.45) is 0 Å². The molecular weight excluding hydrogens is 442 g/mol. The molecule has 0 saturated heterocycles. The zero-order chi connectivity index (χ0) is 21.5. The lowest BCUT2D eigenvalue weighted by atomic mass is 9.82. The third-order valence-electron chi connectivity index (χ3n) is 6.96. The molecule has 2 heteroatoms. The van der Waals surface area contributed by atoms with Gasteiger partial charge in [0.25, 0.3) is 0 Å². The molecule has 1 aliphatic carbocycles. The second-order valence-corrected chi connectivity index (χ2v) is 10.3. The molecule has 0 N–H and O–H groups in total. The molecule has 1 nitrogen and oxygen atoms in total. The highest BCUT2D eigenvalue weighted by Gasteiger charge is 2.35. The van der Waals surface area contributed by atoms with Crippen molar-refractivity contribution < 1.29 is 0 Å². The zero-order valence-corrected chi connectivity index (χ0v) is 19.8. The monoisotopic (exact) mass is 465 g/mol. The first-order chi connectivity index (χ1) is 14.8. The summed E-state index contributed by atoms with van der Waals surface area (Å²) in [5.41, 5.74) is 11.8. The first kappa shape index (κ1) is 18.9. The maximum absolute atomic E-state index is 3.67. The summed E-state index contributed by atoms with van der Waals surface area (Å²) in [6, 6.07) is 27.3. The van der Waals surface area contributed by atoms with Gasteiger partial charge in [-0.25, -0.2) is 0 Å². The smallest absolute Gasteiger partial charge is 0.0541 e. The van der Waals surface area contributed by atoms with E-state index in [1.165, 1.54) is 60.9 Å². The first-order valence-electron chi connectivity index (χ1n) is 10.8. The fourth-order valence-electron chi connectivity index (χ4n) is 5.37. The van der Waals surface area contributed by atoms with Crippen molar-refractivity contribution in [3.63, 3.8) is 0 Å². The largest absolute Gasteiger partial charge is 0.309 e. The van der Waals surface area contributed by atoms with Gasteiger partial charge in [0.05, 0.1) is 11.0 Å². The molecule has 31 heavy (non-hydrogen) atoms. The Hall–Kier alpha value is -2.84. The van der Waals surface area contributed by atoms with E-state index < -0.39 is 0 Å². The van der Waals surface area contributed by atoms with Gasteiger partial charge in [0, 0.05) is 26.3 Å². The Morgan fingerprint density at radius 3 is 1.81 bits per heavy atom. The van der Waals surface area contributed by atoms with Gasteiger partial charge in [-0.05, 0) is 84.6 Å². The number of benzene rings is 4. The number of nitrogens with zero attached hydrogens (tertiary/aromatic N) is 1. The van der Waals surface area contributed by atoms with Crippen LogP contribution in [-0.4, -0.2) is 4.57 Å². The van der Waals surface area contributed by atoms with Crippen LogP contribution in [-0.2, 0) is 5.41 Å². The molecule has 6 rings (SSSR count). The number of aryl methyl sites for hydroxylation is 2. The Morgan fingerprint density at radius 2 is 1.19 bits per heavy atom. The van der Waals surface area contributed by atoms with Crippen molar-refractivity contribution in [2.45, 2.75) is 33.1 Å². The molecular formula is C29H24BrN. The average Bonchev–Trinajstić information content (AvgIpc) is 3.17. The van der Waals surface area contributed by atoms with Crippen LogP contribution in [0.1, 0.15) is 36.1 Å². The number of halogens is 1. The van der Waals surface area contributed by atoms with Crippen LogP contribution in [0.3, 0.4) is 0 Å². The molecule has 0 saturated carbocycles. The molecule has 0 radical (unpaired) electrons. The lowest BCUT2D eigenvalue weighted by Gasteiger charge is -2.22. The maximum atomic E-state index is 3.67. The van der Waals surface area contributed by atoms with Gasteiger partial charge in [-0.2, -0.15) is 0 Å². The van der Waals surface area contributed by atoms with Crippen molar-refractivity contribution >= 4 is 37.7 Å². The van der Waals surface area contributed by atoms with E-state index in [4.69, 9.17) is 0 Å². The van der Waals surface area contributed by atoms with Gasteiger partial charge in [-0.1, -0.05) is 65.2 Å². The van der Waals surface area contributed by atoms with Crippen LogP contribution in [0.25, 0.3) is 38.6 Å². The van der Waals surface area contributed by atoms with E-state index in [1.54, 1.807) is 0 Å². The average molecular weight is 466 g/mol. The molecule has 0 bridgehead atoms. The van der Waals surface area contributed by atoms with E-state index in [0.717, 1.165) is 4.47 Å². The van der Waals surface area contributed by atoms with Gasteiger partial charge >= 0.3 is 0 Å². The van der Waals surface area contributed by atoms with Crippen LogP contribution in [0.15, 0.2) is 77.3 Å². The summed E-state index contributed by atoms with van der Waals surface area (Å²) in [4.78, 5) is 0. The Labute approximate surface area is 191 Å². The summed E-state index contributed by atoms with van der Waals surface area (Å²) >= 11 is 3.67. The molecule has 1 aliphatic rings. The third-order valence-corrected chi connectivity index (χ3v) is 7.45. The lowest BCUT2D eigenvalue weighted by Crippen LogP contribution is -2.15. The molecule has 0 fully saturated rings. The summed E-state index contributed by atoms with van der Waals surface area (Å²) in [7, 11) is 0. The van der Waals surface area contributed by atoms with Crippen LogP contribution >= 0.6 is 15.9 Å². The summed E-state index contributed by atoms with van der Waals surface area (Å²) in [5, 5.41) is 2.65. The van der Waals surface area contributed by atoms with Crippen molar-refractivity contribution in [3.05, 3.63) is 99.5 Å². The lowest BCUT2D eigenvalue weighted by molar-refractivity contribution is 0.659. The number of hydrogen-bond acceptors (Lipinski definition) is 0. The third kappa shape index (κ3) is 2.61. The maximum Gasteiger partial charge on any atom is 0.0541 e. The Morgan fingerprint density at radius 1 is 0.645 bits per heavy atom. The zero-order valence-electron chi connectivity index (χ0n) is 18.3. The van der Waals surface area contributed by atoms with Crippen LogP contribution in [0, 0.1) is 13.8 Å². The van der Waals surface area contributed by atoms with E-state index in [0.29, 0.717) is 0 Å². The molecule has 0 atom stereocenters. The van der Waals surface area contributed by atoms with Crippen molar-refractivity contribution in [2.75, 3.05) is 0 Å². The Kier molecular flexibility index (Phi) is 3.86. The van der Waals surface area contributed by atoms with E-state index in [2.05, 4.69) is 121 Å². The minimum Gasteiger partial charge on any atom is -0.309 e. The molecule has 152 valence electrons. The van der Waals surface area contributed by atoms with E-state index >= 15 is 0 Å². The second kappa shape index (κ2) is 6.34. The highest BCUT2D eigenvalue weighted by atomic mass is 79.9. The summed E-state index contributed by atoms with van der Waals surface area (Å²) in [5.74, 6) is 0. The summed E-state index contributed by atoms with van der Waals surface area (Å²) < 4.78 is 3.57. The summed E-state index contributed by atoms with van der Waals surface area (Å²) in [6.07, 6.45) is 0. The van der Waals surface area contributed by atoms with Gasteiger partial charge in [0.1, 0.15) is 0 Å². The number of rotatable bonds is 1. The molecule has 0 aliphatic heterocycles. The predicted molar refractivity (Wildman–Crippen MR) is 136 cm³/mol. The second-order valence-electron chi connectivity index (χ2n) is 9.42. The van der Waals surface area contributed by atoms with E-state index in [1.807, 2.05) is 0 Å². The van der Waals surface area contributed by atoms with Crippen LogP contribution in [0.2, 0.25) is 0 Å². The number of hydrogen-bond donors (Lipinski definition) is 0. The van der Waals surface area contributed by atoms with Gasteiger partial charge in [-0.3, -0.25) is 0 Å². The minimum absolute atomic E-state index is 0.0314. The topological polar surface area (TPSA) is 4.93 Å². The van der Waals surface area contributed by atoms with Crippen LogP contribution in [0.5, 0.6) is 0 Å². The van der Waals surface area contributed by atoms with Crippen LogP contribution < -0.4 is 0 Å². The minimum atomic E-state index is -0.0314. The van der Waals surface area contributed by atoms with Gasteiger partial charge in [0.15, 0.2) is 0 Å². The number of aromatic nitrogens is 1. The summed E-state index contributed by atoms with van der Waals surface area (Å²) in [6.45, 7) is 9.02. The van der Waals surface area contributed by atoms with Crippen LogP contribution in [0.4, 0.5) is 0 Å². The molecule has 4 aromatic carbocycles. The number of fused-ring (bicyclic) bond motifs is 6. The highest BCUT2D eigenvalue weighted by molar-refractivity contribution is 9.10. The first-order valence-corrected chi connectivity index (χ1v) is 11.6. The van der Waals surface area contributed by atoms with E-state index in [-0.39, 0.29) is 5.41 Å². The normalized spacial score (nSPS) is 14.2. The van der Waals surface area contributed by atoms with E-state index in [9.17, 15) is 0 Å². The molecule has 0 amide bonds. The molecule has 0 spiro atoms. The Balaban J connectivity index is 1.66. The molecule has 5 aromatic rings. The van der Waals surface area contributed by atoms with Crippen molar-refractivity contribution in [1.82, 2.24) is 4.57 Å². The van der Waals surface area contributed by atoms with Gasteiger partial charge in [-0.15, -0.1) is 0 Å². The fourth-order valence-corrected chi connectivity index (χ4v) is 5.73. The highest BCUT2D eigenvalue weighted by Crippen LogP contribution is 2.50.